The van der Waals surface area contributed by atoms with Gasteiger partial charge in [0.25, 0.3) is 15.9 Å². The summed E-state index contributed by atoms with van der Waals surface area (Å²) in [6, 6.07) is 29.5. The third-order valence-corrected chi connectivity index (χ3v) is 7.24. The molecule has 0 saturated heterocycles. The average molecular weight is 525 g/mol. The van der Waals surface area contributed by atoms with Crippen molar-refractivity contribution in [3.05, 3.63) is 114 Å². The summed E-state index contributed by atoms with van der Waals surface area (Å²) >= 11 is 0. The second kappa shape index (κ2) is 10.2. The van der Waals surface area contributed by atoms with Gasteiger partial charge in [0.15, 0.2) is 0 Å². The lowest BCUT2D eigenvalue weighted by Gasteiger charge is -2.16. The summed E-state index contributed by atoms with van der Waals surface area (Å²) in [7, 11) is -3.91. The van der Waals surface area contributed by atoms with Gasteiger partial charge in [0.05, 0.1) is 16.2 Å². The predicted molar refractivity (Wildman–Crippen MR) is 150 cm³/mol. The Morgan fingerprint density at radius 2 is 1.34 bits per heavy atom. The highest BCUT2D eigenvalue weighted by Gasteiger charge is 2.30. The molecule has 0 aromatic heterocycles. The third kappa shape index (κ3) is 5.28. The molecule has 8 nitrogen and oxygen atoms in total. The van der Waals surface area contributed by atoms with Crippen molar-refractivity contribution in [3.8, 4) is 0 Å². The summed E-state index contributed by atoms with van der Waals surface area (Å²) in [6.45, 7) is 1.43. The van der Waals surface area contributed by atoms with E-state index in [-0.39, 0.29) is 16.7 Å². The molecule has 0 atom stereocenters. The van der Waals surface area contributed by atoms with Crippen LogP contribution in [0.3, 0.4) is 0 Å². The maximum atomic E-state index is 13.2. The summed E-state index contributed by atoms with van der Waals surface area (Å²) in [4.78, 5) is 24.6. The molecule has 1 aliphatic heterocycles. The van der Waals surface area contributed by atoms with Crippen LogP contribution in [0, 0.1) is 0 Å². The van der Waals surface area contributed by atoms with E-state index in [2.05, 4.69) is 20.7 Å². The highest BCUT2D eigenvalue weighted by Crippen LogP contribution is 2.39. The van der Waals surface area contributed by atoms with E-state index in [4.69, 9.17) is 0 Å². The SMILES string of the molecule is CC(=O)Nc1ccc(N/C(=C2\C(=O)Nc3ccc(S(=O)(=O)Nc4ccccc4)cc32)c2ccccc2)cc1. The van der Waals surface area contributed by atoms with Crippen LogP contribution < -0.4 is 20.7 Å². The fraction of sp³-hybridized carbons (Fsp3) is 0.0345. The topological polar surface area (TPSA) is 116 Å². The quantitative estimate of drug-likeness (QED) is 0.242. The van der Waals surface area contributed by atoms with Gasteiger partial charge in [0.2, 0.25) is 5.91 Å². The van der Waals surface area contributed by atoms with Gasteiger partial charge < -0.3 is 16.0 Å². The van der Waals surface area contributed by atoms with Gasteiger partial charge in [0, 0.05) is 35.2 Å². The van der Waals surface area contributed by atoms with Gasteiger partial charge in [-0.1, -0.05) is 48.5 Å². The number of sulfonamides is 1. The van der Waals surface area contributed by atoms with E-state index in [1.165, 1.54) is 19.1 Å². The van der Waals surface area contributed by atoms with Crippen LogP contribution in [0.2, 0.25) is 0 Å². The van der Waals surface area contributed by atoms with Gasteiger partial charge in [-0.25, -0.2) is 8.42 Å². The molecule has 0 saturated carbocycles. The largest absolute Gasteiger partial charge is 0.354 e. The normalized spacial score (nSPS) is 13.8. The number of anilines is 4. The number of para-hydroxylation sites is 1. The van der Waals surface area contributed by atoms with Gasteiger partial charge in [-0.05, 0) is 60.2 Å². The lowest BCUT2D eigenvalue weighted by atomic mass is 10.00. The minimum Gasteiger partial charge on any atom is -0.354 e. The van der Waals surface area contributed by atoms with Gasteiger partial charge in [-0.2, -0.15) is 0 Å². The van der Waals surface area contributed by atoms with Crippen LogP contribution in [-0.2, 0) is 19.6 Å². The molecule has 9 heteroatoms. The Hall–Kier alpha value is -4.89. The highest BCUT2D eigenvalue weighted by molar-refractivity contribution is 7.92. The second-order valence-corrected chi connectivity index (χ2v) is 10.3. The minimum atomic E-state index is -3.91. The predicted octanol–water partition coefficient (Wildman–Crippen LogP) is 5.38. The molecule has 4 aromatic carbocycles. The van der Waals surface area contributed by atoms with Crippen molar-refractivity contribution in [1.29, 1.82) is 0 Å². The second-order valence-electron chi connectivity index (χ2n) is 8.63. The molecular formula is C29H24N4O4S. The van der Waals surface area contributed by atoms with Crippen molar-refractivity contribution in [2.45, 2.75) is 11.8 Å². The van der Waals surface area contributed by atoms with Gasteiger partial charge >= 0.3 is 0 Å². The van der Waals surface area contributed by atoms with Crippen molar-refractivity contribution in [1.82, 2.24) is 0 Å². The van der Waals surface area contributed by atoms with E-state index in [0.717, 1.165) is 5.56 Å². The Morgan fingerprint density at radius 1 is 0.737 bits per heavy atom. The Bertz CT molecular complexity index is 1650. The van der Waals surface area contributed by atoms with Gasteiger partial charge in [-0.15, -0.1) is 0 Å². The fourth-order valence-electron chi connectivity index (χ4n) is 4.15. The van der Waals surface area contributed by atoms with Crippen LogP contribution in [0.1, 0.15) is 18.1 Å². The molecule has 1 aliphatic rings. The number of fused-ring (bicyclic) bond motifs is 1. The first-order valence-electron chi connectivity index (χ1n) is 11.8. The highest BCUT2D eigenvalue weighted by atomic mass is 32.2. The van der Waals surface area contributed by atoms with E-state index >= 15 is 0 Å². The molecule has 0 unspecified atom stereocenters. The lowest BCUT2D eigenvalue weighted by molar-refractivity contribution is -0.114. The van der Waals surface area contributed by atoms with E-state index in [1.54, 1.807) is 60.7 Å². The number of carbonyl (C=O) groups is 2. The van der Waals surface area contributed by atoms with Crippen LogP contribution >= 0.6 is 0 Å². The van der Waals surface area contributed by atoms with E-state index in [9.17, 15) is 18.0 Å². The molecule has 0 radical (unpaired) electrons. The molecule has 38 heavy (non-hydrogen) atoms. The average Bonchev–Trinajstić information content (AvgIpc) is 3.23. The zero-order chi connectivity index (χ0) is 26.7. The summed E-state index contributed by atoms with van der Waals surface area (Å²) in [6.07, 6.45) is 0. The molecular weight excluding hydrogens is 500 g/mol. The molecule has 1 heterocycles. The van der Waals surface area contributed by atoms with Crippen molar-refractivity contribution in [2.24, 2.45) is 0 Å². The smallest absolute Gasteiger partial charge is 0.261 e. The van der Waals surface area contributed by atoms with E-state index in [0.29, 0.717) is 39.6 Å². The number of carbonyl (C=O) groups excluding carboxylic acids is 2. The Morgan fingerprint density at radius 3 is 1.97 bits per heavy atom. The molecule has 0 bridgehead atoms. The van der Waals surface area contributed by atoms with Crippen molar-refractivity contribution in [2.75, 3.05) is 20.7 Å². The molecule has 4 aromatic rings. The number of benzene rings is 4. The molecule has 0 fully saturated rings. The zero-order valence-corrected chi connectivity index (χ0v) is 21.2. The third-order valence-electron chi connectivity index (χ3n) is 5.86. The first-order chi connectivity index (χ1) is 18.3. The molecule has 2 amide bonds. The number of hydrogen-bond acceptors (Lipinski definition) is 5. The summed E-state index contributed by atoms with van der Waals surface area (Å²) in [5.74, 6) is -0.531. The number of rotatable bonds is 7. The molecule has 0 spiro atoms. The number of amides is 2. The van der Waals surface area contributed by atoms with Crippen molar-refractivity contribution in [3.63, 3.8) is 0 Å². The van der Waals surface area contributed by atoms with Crippen molar-refractivity contribution >= 4 is 55.9 Å². The van der Waals surface area contributed by atoms with E-state index in [1.807, 2.05) is 30.3 Å². The van der Waals surface area contributed by atoms with E-state index < -0.39 is 10.0 Å². The summed E-state index contributed by atoms with van der Waals surface area (Å²) < 4.78 is 28.9. The zero-order valence-electron chi connectivity index (χ0n) is 20.4. The van der Waals surface area contributed by atoms with Crippen LogP contribution in [-0.4, -0.2) is 20.2 Å². The van der Waals surface area contributed by atoms with Gasteiger partial charge in [0.1, 0.15) is 0 Å². The van der Waals surface area contributed by atoms with Crippen LogP contribution in [0.5, 0.6) is 0 Å². The van der Waals surface area contributed by atoms with Crippen LogP contribution in [0.25, 0.3) is 11.3 Å². The standard InChI is InChI=1S/C29H24N4O4S/c1-19(34)30-21-12-14-22(15-13-21)31-28(20-8-4-2-5-9-20)27-25-18-24(16-17-26(25)32-29(27)35)38(36,37)33-23-10-6-3-7-11-23/h2-18,31,33H,1H3,(H,30,34)(H,32,35)/b28-27-. The lowest BCUT2D eigenvalue weighted by Crippen LogP contribution is -2.13. The monoisotopic (exact) mass is 524 g/mol. The summed E-state index contributed by atoms with van der Waals surface area (Å²) in [5, 5.41) is 8.90. The first-order valence-corrected chi connectivity index (χ1v) is 13.3. The van der Waals surface area contributed by atoms with Crippen LogP contribution in [0.4, 0.5) is 22.7 Å². The molecule has 5 rings (SSSR count). The first kappa shape index (κ1) is 24.8. The number of hydrogen-bond donors (Lipinski definition) is 4. The maximum Gasteiger partial charge on any atom is 0.261 e. The Kier molecular flexibility index (Phi) is 6.68. The molecule has 0 aliphatic carbocycles. The molecule has 190 valence electrons. The molecule has 4 N–H and O–H groups in total. The Labute approximate surface area is 220 Å². The number of nitrogens with one attached hydrogen (secondary N) is 4. The maximum absolute atomic E-state index is 13.2. The van der Waals surface area contributed by atoms with Gasteiger partial charge in [-0.3, -0.25) is 14.3 Å². The van der Waals surface area contributed by atoms with Crippen molar-refractivity contribution < 1.29 is 18.0 Å². The Balaban J connectivity index is 1.58. The minimum absolute atomic E-state index is 0.0289. The van der Waals surface area contributed by atoms with Crippen LogP contribution in [0.15, 0.2) is 108 Å². The fourth-order valence-corrected chi connectivity index (χ4v) is 5.23. The summed E-state index contributed by atoms with van der Waals surface area (Å²) in [5.41, 5.74) is 4.31.